The Morgan fingerprint density at radius 1 is 1.26 bits per heavy atom. The molecule has 0 amide bonds. The molecule has 1 saturated heterocycles. The van der Waals surface area contributed by atoms with Crippen LogP contribution in [0.5, 0.6) is 0 Å². The summed E-state index contributed by atoms with van der Waals surface area (Å²) >= 11 is 12.7. The molecule has 2 aliphatic carbocycles. The van der Waals surface area contributed by atoms with E-state index in [1.807, 2.05) is 6.92 Å². The summed E-state index contributed by atoms with van der Waals surface area (Å²) < 4.78 is 5.43. The third-order valence-electron chi connectivity index (χ3n) is 7.95. The molecule has 4 rings (SSSR count). The zero-order chi connectivity index (χ0) is 24.6. The quantitative estimate of drug-likeness (QED) is 0.467. The Hall–Kier alpha value is -1.34. The van der Waals surface area contributed by atoms with Crippen LogP contribution < -0.4 is 4.90 Å². The maximum Gasteiger partial charge on any atom is 0.303 e. The molecule has 6 atom stereocenters. The van der Waals surface area contributed by atoms with Crippen LogP contribution in [0.1, 0.15) is 40.5 Å². The summed E-state index contributed by atoms with van der Waals surface area (Å²) in [6.45, 7) is 12.3. The summed E-state index contributed by atoms with van der Waals surface area (Å²) in [5, 5.41) is 12.9. The lowest BCUT2D eigenvalue weighted by Crippen LogP contribution is -2.57. The molecule has 1 aromatic rings. The summed E-state index contributed by atoms with van der Waals surface area (Å²) in [6.07, 6.45) is 10.1. The van der Waals surface area contributed by atoms with E-state index in [1.165, 1.54) is 6.92 Å². The number of halogens is 2. The Morgan fingerprint density at radius 2 is 1.91 bits per heavy atom. The number of esters is 1. The standard InChI is InChI=1S/C26H35Cl2N3O3/c1-16-11-21-20(6-5-18(3)26(21,33)12-24(16)34-19(4)32)17(2)15-30-7-9-31(10-8-30)25-22(27)13-29-14-23(25)28/h11,13-14,17-18,20-21,24,33H,5-10,15H2,1-4H3/t17-,18-,20+,21-,24-,26-/m1/s1. The molecule has 6 nitrogen and oxygen atoms in total. The van der Waals surface area contributed by atoms with Crippen molar-refractivity contribution in [1.82, 2.24) is 9.88 Å². The number of piperazine rings is 1. The molecule has 1 N–H and O–H groups in total. The number of aliphatic hydroxyl groups is 1. The van der Waals surface area contributed by atoms with Crippen molar-refractivity contribution < 1.29 is 14.6 Å². The predicted octanol–water partition coefficient (Wildman–Crippen LogP) is 4.51. The lowest BCUT2D eigenvalue weighted by molar-refractivity contribution is -0.148. The van der Waals surface area contributed by atoms with Crippen molar-refractivity contribution in [2.45, 2.75) is 52.2 Å². The van der Waals surface area contributed by atoms with Gasteiger partial charge in [0.25, 0.3) is 0 Å². The molecule has 3 aliphatic rings. The molecule has 1 aromatic heterocycles. The van der Waals surface area contributed by atoms with Crippen LogP contribution in [0.3, 0.4) is 0 Å². The van der Waals surface area contributed by atoms with E-state index in [1.54, 1.807) is 12.4 Å². The topological polar surface area (TPSA) is 65.9 Å². The molecular formula is C26H35Cl2N3O3. The number of fused-ring (bicyclic) bond motifs is 1. The van der Waals surface area contributed by atoms with E-state index in [2.05, 4.69) is 41.1 Å². The predicted molar refractivity (Wildman–Crippen MR) is 135 cm³/mol. The van der Waals surface area contributed by atoms with Crippen LogP contribution >= 0.6 is 23.2 Å². The van der Waals surface area contributed by atoms with Crippen molar-refractivity contribution in [3.63, 3.8) is 0 Å². The monoisotopic (exact) mass is 507 g/mol. The zero-order valence-corrected chi connectivity index (χ0v) is 21.9. The lowest BCUT2D eigenvalue weighted by Gasteiger charge is -2.53. The van der Waals surface area contributed by atoms with Gasteiger partial charge >= 0.3 is 5.97 Å². The molecule has 1 saturated carbocycles. The Labute approximate surface area is 213 Å². The minimum Gasteiger partial charge on any atom is -0.457 e. The number of rotatable bonds is 5. The SMILES string of the molecule is CC(=O)O[C@@H]1[C][C@@]2(O)[C@H](C)CC[C@@H]([C@H](C)CN3CCN(c4c(Cl)cncc4Cl)CC3)[C@H]2C=C1C. The van der Waals surface area contributed by atoms with Gasteiger partial charge in [-0.05, 0) is 43.1 Å². The van der Waals surface area contributed by atoms with Crippen molar-refractivity contribution in [2.24, 2.45) is 23.7 Å². The maximum absolute atomic E-state index is 11.7. The molecule has 0 spiro atoms. The van der Waals surface area contributed by atoms with Gasteiger partial charge in [0.2, 0.25) is 0 Å². The van der Waals surface area contributed by atoms with Crippen LogP contribution in [0.25, 0.3) is 0 Å². The van der Waals surface area contributed by atoms with Gasteiger partial charge in [0.05, 0.1) is 27.8 Å². The summed E-state index contributed by atoms with van der Waals surface area (Å²) in [6, 6.07) is 0. The van der Waals surface area contributed by atoms with Gasteiger partial charge in [-0.15, -0.1) is 0 Å². The van der Waals surface area contributed by atoms with E-state index in [9.17, 15) is 9.90 Å². The van der Waals surface area contributed by atoms with Crippen LogP contribution in [0.4, 0.5) is 5.69 Å². The molecule has 186 valence electrons. The summed E-state index contributed by atoms with van der Waals surface area (Å²) in [4.78, 5) is 20.3. The molecular weight excluding hydrogens is 473 g/mol. The van der Waals surface area contributed by atoms with Crippen molar-refractivity contribution in [2.75, 3.05) is 37.6 Å². The Balaban J connectivity index is 1.42. The largest absolute Gasteiger partial charge is 0.457 e. The van der Waals surface area contributed by atoms with E-state index in [4.69, 9.17) is 27.9 Å². The van der Waals surface area contributed by atoms with Gasteiger partial charge in [-0.2, -0.15) is 0 Å². The normalized spacial score (nSPS) is 33.1. The second-order valence-corrected chi connectivity index (χ2v) is 11.1. The van der Waals surface area contributed by atoms with Gasteiger partial charge in [-0.25, -0.2) is 0 Å². The molecule has 34 heavy (non-hydrogen) atoms. The molecule has 2 radical (unpaired) electrons. The van der Waals surface area contributed by atoms with E-state index in [0.717, 1.165) is 56.8 Å². The van der Waals surface area contributed by atoms with E-state index in [-0.39, 0.29) is 17.8 Å². The van der Waals surface area contributed by atoms with E-state index >= 15 is 0 Å². The fourth-order valence-corrected chi connectivity index (χ4v) is 6.61. The molecule has 2 fully saturated rings. The smallest absolute Gasteiger partial charge is 0.303 e. The number of ether oxygens (including phenoxy) is 1. The van der Waals surface area contributed by atoms with Crippen LogP contribution in [-0.4, -0.2) is 65.4 Å². The van der Waals surface area contributed by atoms with Crippen molar-refractivity contribution in [3.8, 4) is 0 Å². The fraction of sp³-hybridized carbons (Fsp3) is 0.654. The number of hydrogen-bond acceptors (Lipinski definition) is 6. The van der Waals surface area contributed by atoms with Gasteiger partial charge in [0, 0.05) is 58.0 Å². The number of anilines is 1. The lowest BCUT2D eigenvalue weighted by atomic mass is 9.57. The third-order valence-corrected chi connectivity index (χ3v) is 8.50. The number of carbonyl (C=O) groups excluding carboxylic acids is 1. The summed E-state index contributed by atoms with van der Waals surface area (Å²) in [7, 11) is 0. The molecule has 1 aliphatic heterocycles. The minimum absolute atomic E-state index is 0.0196. The molecule has 0 bridgehead atoms. The molecule has 8 heteroatoms. The highest BCUT2D eigenvalue weighted by molar-refractivity contribution is 6.38. The average molecular weight is 508 g/mol. The average Bonchev–Trinajstić information content (AvgIpc) is 2.77. The number of carbonyl (C=O) groups is 1. The second-order valence-electron chi connectivity index (χ2n) is 10.3. The Kier molecular flexibility index (Phi) is 7.83. The fourth-order valence-electron chi connectivity index (χ4n) is 6.01. The van der Waals surface area contributed by atoms with Crippen molar-refractivity contribution in [3.05, 3.63) is 40.5 Å². The number of nitrogens with zero attached hydrogens (tertiary/aromatic N) is 3. The summed E-state index contributed by atoms with van der Waals surface area (Å²) in [5.41, 5.74) is 0.745. The van der Waals surface area contributed by atoms with Crippen molar-refractivity contribution in [1.29, 1.82) is 0 Å². The van der Waals surface area contributed by atoms with Gasteiger partial charge in [0.1, 0.15) is 6.10 Å². The maximum atomic E-state index is 11.7. The molecule has 0 aromatic carbocycles. The third kappa shape index (κ3) is 5.11. The Morgan fingerprint density at radius 3 is 2.53 bits per heavy atom. The van der Waals surface area contributed by atoms with E-state index < -0.39 is 11.7 Å². The van der Waals surface area contributed by atoms with Crippen LogP contribution in [0.2, 0.25) is 10.0 Å². The van der Waals surface area contributed by atoms with Gasteiger partial charge in [0.15, 0.2) is 0 Å². The highest BCUT2D eigenvalue weighted by atomic mass is 35.5. The molecule has 0 unspecified atom stereocenters. The first-order valence-electron chi connectivity index (χ1n) is 12.2. The van der Waals surface area contributed by atoms with Gasteiger partial charge < -0.3 is 14.7 Å². The number of hydrogen-bond donors (Lipinski definition) is 1. The van der Waals surface area contributed by atoms with Gasteiger partial charge in [-0.3, -0.25) is 14.7 Å². The zero-order valence-electron chi connectivity index (χ0n) is 20.4. The first-order valence-corrected chi connectivity index (χ1v) is 13.0. The van der Waals surface area contributed by atoms with E-state index in [0.29, 0.717) is 21.9 Å². The minimum atomic E-state index is -1.08. The first-order chi connectivity index (χ1) is 16.1. The van der Waals surface area contributed by atoms with Crippen molar-refractivity contribution >= 4 is 34.9 Å². The highest BCUT2D eigenvalue weighted by Crippen LogP contribution is 2.51. The summed E-state index contributed by atoms with van der Waals surface area (Å²) in [5.74, 6) is 0.438. The number of pyridine rings is 1. The first kappa shape index (κ1) is 25.7. The van der Waals surface area contributed by atoms with Gasteiger partial charge in [-0.1, -0.05) is 43.1 Å². The van der Waals surface area contributed by atoms with Crippen LogP contribution in [-0.2, 0) is 9.53 Å². The van der Waals surface area contributed by atoms with Crippen LogP contribution in [0.15, 0.2) is 24.0 Å². The van der Waals surface area contributed by atoms with Crippen LogP contribution in [0, 0.1) is 30.1 Å². The second kappa shape index (κ2) is 10.3. The molecule has 2 heterocycles. The Bertz CT molecular complexity index is 914. The highest BCUT2D eigenvalue weighted by Gasteiger charge is 2.53. The number of aromatic nitrogens is 1.